The Morgan fingerprint density at radius 2 is 2.19 bits per heavy atom. The summed E-state index contributed by atoms with van der Waals surface area (Å²) in [6, 6.07) is 0.358. The molecule has 3 heteroatoms. The summed E-state index contributed by atoms with van der Waals surface area (Å²) < 4.78 is 0. The Hall–Kier alpha value is -0.570. The number of carbonyl (C=O) groups is 1. The van der Waals surface area contributed by atoms with E-state index >= 15 is 0 Å². The van der Waals surface area contributed by atoms with Gasteiger partial charge in [-0.1, -0.05) is 26.7 Å². The van der Waals surface area contributed by atoms with E-state index in [4.69, 9.17) is 5.73 Å². The number of hydrogen-bond acceptors (Lipinski definition) is 2. The molecule has 16 heavy (non-hydrogen) atoms. The number of amides is 1. The maximum atomic E-state index is 12.1. The molecule has 1 rings (SSSR count). The Kier molecular flexibility index (Phi) is 5.81. The lowest BCUT2D eigenvalue weighted by molar-refractivity contribution is -0.126. The normalized spacial score (nSPS) is 26.7. The van der Waals surface area contributed by atoms with Crippen LogP contribution in [0.5, 0.6) is 0 Å². The molecule has 1 amide bonds. The van der Waals surface area contributed by atoms with Crippen molar-refractivity contribution in [1.29, 1.82) is 0 Å². The van der Waals surface area contributed by atoms with Crippen molar-refractivity contribution in [2.24, 2.45) is 17.6 Å². The zero-order valence-electron chi connectivity index (χ0n) is 10.7. The summed E-state index contributed by atoms with van der Waals surface area (Å²) in [5, 5.41) is 3.18. The minimum absolute atomic E-state index is 0.177. The van der Waals surface area contributed by atoms with Crippen LogP contribution in [0.15, 0.2) is 0 Å². The summed E-state index contributed by atoms with van der Waals surface area (Å²) in [4.78, 5) is 12.1. The topological polar surface area (TPSA) is 55.1 Å². The molecule has 0 aromatic rings. The second kappa shape index (κ2) is 6.89. The van der Waals surface area contributed by atoms with E-state index in [1.165, 1.54) is 0 Å². The lowest BCUT2D eigenvalue weighted by atomic mass is 9.94. The van der Waals surface area contributed by atoms with Gasteiger partial charge in [0.15, 0.2) is 0 Å². The maximum absolute atomic E-state index is 12.1. The van der Waals surface area contributed by atoms with Gasteiger partial charge in [-0.05, 0) is 38.1 Å². The van der Waals surface area contributed by atoms with Crippen molar-refractivity contribution in [2.45, 2.75) is 58.4 Å². The van der Waals surface area contributed by atoms with E-state index in [0.717, 1.165) is 38.5 Å². The molecule has 3 nitrogen and oxygen atoms in total. The van der Waals surface area contributed by atoms with Crippen molar-refractivity contribution in [1.82, 2.24) is 5.32 Å². The van der Waals surface area contributed by atoms with Crippen molar-refractivity contribution < 1.29 is 4.79 Å². The first-order valence-electron chi connectivity index (χ1n) is 6.73. The Balaban J connectivity index is 2.43. The summed E-state index contributed by atoms with van der Waals surface area (Å²) in [6.45, 7) is 4.95. The van der Waals surface area contributed by atoms with E-state index in [1.807, 2.05) is 0 Å². The van der Waals surface area contributed by atoms with Crippen LogP contribution < -0.4 is 11.1 Å². The Morgan fingerprint density at radius 3 is 2.75 bits per heavy atom. The zero-order valence-corrected chi connectivity index (χ0v) is 10.7. The largest absolute Gasteiger partial charge is 0.353 e. The van der Waals surface area contributed by atoms with Crippen molar-refractivity contribution in [3.05, 3.63) is 0 Å². The van der Waals surface area contributed by atoms with Gasteiger partial charge in [0.2, 0.25) is 5.91 Å². The molecular weight excluding hydrogens is 200 g/mol. The smallest absolute Gasteiger partial charge is 0.223 e. The van der Waals surface area contributed by atoms with Gasteiger partial charge < -0.3 is 11.1 Å². The minimum Gasteiger partial charge on any atom is -0.353 e. The van der Waals surface area contributed by atoms with Crippen LogP contribution in [0, 0.1) is 11.8 Å². The van der Waals surface area contributed by atoms with E-state index in [2.05, 4.69) is 19.2 Å². The third-order valence-electron chi connectivity index (χ3n) is 3.77. The third kappa shape index (κ3) is 3.48. The molecule has 0 saturated heterocycles. The molecule has 0 radical (unpaired) electrons. The van der Waals surface area contributed by atoms with E-state index in [0.29, 0.717) is 18.5 Å². The molecule has 3 N–H and O–H groups in total. The monoisotopic (exact) mass is 226 g/mol. The van der Waals surface area contributed by atoms with E-state index < -0.39 is 0 Å². The van der Waals surface area contributed by atoms with Gasteiger partial charge in [0.25, 0.3) is 0 Å². The van der Waals surface area contributed by atoms with E-state index in [1.54, 1.807) is 0 Å². The van der Waals surface area contributed by atoms with Gasteiger partial charge in [-0.2, -0.15) is 0 Å². The average Bonchev–Trinajstić information content (AvgIpc) is 2.76. The molecule has 3 unspecified atom stereocenters. The SMILES string of the molecule is CCCC(CC)NC(=O)C1CCCC1CN. The minimum atomic E-state index is 0.177. The van der Waals surface area contributed by atoms with E-state index in [-0.39, 0.29) is 11.8 Å². The molecule has 0 spiro atoms. The molecule has 0 heterocycles. The summed E-state index contributed by atoms with van der Waals surface area (Å²) in [5.41, 5.74) is 5.70. The first kappa shape index (κ1) is 13.5. The number of rotatable bonds is 6. The lowest BCUT2D eigenvalue weighted by Crippen LogP contribution is -2.40. The molecule has 1 aliphatic rings. The molecule has 0 aromatic heterocycles. The number of nitrogens with two attached hydrogens (primary N) is 1. The van der Waals surface area contributed by atoms with Crippen molar-refractivity contribution in [2.75, 3.05) is 6.54 Å². The summed E-state index contributed by atoms with van der Waals surface area (Å²) >= 11 is 0. The highest BCUT2D eigenvalue weighted by molar-refractivity contribution is 5.79. The van der Waals surface area contributed by atoms with Gasteiger partial charge in [-0.25, -0.2) is 0 Å². The van der Waals surface area contributed by atoms with Crippen LogP contribution in [0.3, 0.4) is 0 Å². The quantitative estimate of drug-likeness (QED) is 0.728. The molecule has 1 fully saturated rings. The highest BCUT2D eigenvalue weighted by Crippen LogP contribution is 2.31. The van der Waals surface area contributed by atoms with Crippen molar-refractivity contribution in [3.63, 3.8) is 0 Å². The molecule has 1 aliphatic carbocycles. The van der Waals surface area contributed by atoms with Crippen molar-refractivity contribution >= 4 is 5.91 Å². The number of hydrogen-bond donors (Lipinski definition) is 2. The van der Waals surface area contributed by atoms with Gasteiger partial charge in [0.05, 0.1) is 0 Å². The first-order valence-corrected chi connectivity index (χ1v) is 6.73. The Morgan fingerprint density at radius 1 is 1.44 bits per heavy atom. The molecular formula is C13H26N2O. The molecule has 3 atom stereocenters. The van der Waals surface area contributed by atoms with Crippen LogP contribution in [0.1, 0.15) is 52.4 Å². The number of carbonyl (C=O) groups excluding carboxylic acids is 1. The van der Waals surface area contributed by atoms with Crippen LogP contribution in [-0.2, 0) is 4.79 Å². The summed E-state index contributed by atoms with van der Waals surface area (Å²) in [5.74, 6) is 0.836. The zero-order chi connectivity index (χ0) is 12.0. The van der Waals surface area contributed by atoms with Crippen LogP contribution in [0.2, 0.25) is 0 Å². The van der Waals surface area contributed by atoms with Gasteiger partial charge in [0, 0.05) is 12.0 Å². The van der Waals surface area contributed by atoms with Crippen LogP contribution in [-0.4, -0.2) is 18.5 Å². The predicted molar refractivity (Wildman–Crippen MR) is 67.0 cm³/mol. The van der Waals surface area contributed by atoms with Gasteiger partial charge in [-0.15, -0.1) is 0 Å². The Bertz CT molecular complexity index is 218. The Labute approximate surface area is 99.2 Å². The average molecular weight is 226 g/mol. The highest BCUT2D eigenvalue weighted by Gasteiger charge is 2.32. The van der Waals surface area contributed by atoms with Crippen LogP contribution in [0.4, 0.5) is 0 Å². The van der Waals surface area contributed by atoms with Crippen molar-refractivity contribution in [3.8, 4) is 0 Å². The second-order valence-corrected chi connectivity index (χ2v) is 4.94. The fraction of sp³-hybridized carbons (Fsp3) is 0.923. The summed E-state index contributed by atoms with van der Waals surface area (Å²) in [6.07, 6.45) is 6.55. The molecule has 94 valence electrons. The fourth-order valence-electron chi connectivity index (χ4n) is 2.70. The first-order chi connectivity index (χ1) is 7.72. The predicted octanol–water partition coefficient (Wildman–Crippen LogP) is 2.06. The summed E-state index contributed by atoms with van der Waals surface area (Å²) in [7, 11) is 0. The number of nitrogens with one attached hydrogen (secondary N) is 1. The van der Waals surface area contributed by atoms with Gasteiger partial charge in [0.1, 0.15) is 0 Å². The van der Waals surface area contributed by atoms with Gasteiger partial charge in [-0.3, -0.25) is 4.79 Å². The molecule has 0 aliphatic heterocycles. The van der Waals surface area contributed by atoms with Gasteiger partial charge >= 0.3 is 0 Å². The standard InChI is InChI=1S/C13H26N2O/c1-3-6-11(4-2)15-13(16)12-8-5-7-10(12)9-14/h10-12H,3-9,14H2,1-2H3,(H,15,16). The maximum Gasteiger partial charge on any atom is 0.223 e. The highest BCUT2D eigenvalue weighted by atomic mass is 16.2. The molecule has 1 saturated carbocycles. The second-order valence-electron chi connectivity index (χ2n) is 4.94. The molecule has 0 aromatic carbocycles. The van der Waals surface area contributed by atoms with E-state index in [9.17, 15) is 4.79 Å². The van der Waals surface area contributed by atoms with Crippen LogP contribution in [0.25, 0.3) is 0 Å². The third-order valence-corrected chi connectivity index (χ3v) is 3.77. The lowest BCUT2D eigenvalue weighted by Gasteiger charge is -2.22. The fourth-order valence-corrected chi connectivity index (χ4v) is 2.70. The van der Waals surface area contributed by atoms with Crippen LogP contribution >= 0.6 is 0 Å². The molecule has 0 bridgehead atoms.